The van der Waals surface area contributed by atoms with Crippen LogP contribution in [-0.2, 0) is 36.4 Å². The molecule has 0 bridgehead atoms. The number of hydrogen-bond donors (Lipinski definition) is 0. The van der Waals surface area contributed by atoms with Gasteiger partial charge in [0.15, 0.2) is 0 Å². The molecule has 8 nitrogen and oxygen atoms in total. The van der Waals surface area contributed by atoms with Gasteiger partial charge in [-0.1, -0.05) is 152 Å². The quantitative estimate of drug-likeness (QED) is 0.142. The molecule has 0 aliphatic rings. The minimum Gasteiger partial charge on any atom is -0.328 e. The second-order valence-corrected chi connectivity index (χ2v) is 33.7. The molecule has 0 aromatic heterocycles. The van der Waals surface area contributed by atoms with Crippen molar-refractivity contribution in [2.24, 2.45) is 10.8 Å². The molecule has 0 saturated heterocycles. The van der Waals surface area contributed by atoms with Crippen molar-refractivity contribution in [3.63, 3.8) is 0 Å². The van der Waals surface area contributed by atoms with Crippen LogP contribution >= 0.6 is 29.5 Å². The summed E-state index contributed by atoms with van der Waals surface area (Å²) in [6, 6.07) is 0. The largest absolute Gasteiger partial charge is 0.328 e. The monoisotopic (exact) mass is 825 g/mol. The van der Waals surface area contributed by atoms with Crippen molar-refractivity contribution >= 4 is 29.5 Å². The van der Waals surface area contributed by atoms with Crippen LogP contribution in [0.4, 0.5) is 0 Å². The Hall–Kier alpha value is 0.760. The smallest absolute Gasteiger partial charge is 0.208 e. The van der Waals surface area contributed by atoms with Gasteiger partial charge in [0.2, 0.25) is 29.5 Å². The van der Waals surface area contributed by atoms with Crippen LogP contribution in [0, 0.1) is 10.8 Å². The Bertz CT molecular complexity index is 989. The van der Waals surface area contributed by atoms with Crippen molar-refractivity contribution in [3.8, 4) is 0 Å². The Morgan fingerprint density at radius 1 is 0.327 bits per heavy atom. The SMILES string of the molecule is CC(C)OP(=O)(C(C)C)C(C)C.CC(C)OP(=O)(C(C)C)C(C)C.CC(C)P(=O)(OCC(C)(C)C)C(C)C.CC(C)P(=O)(OCC(C)(C)C)C(C)C. The minimum absolute atomic E-state index is 0.0561. The molecule has 0 fully saturated rings. The second-order valence-electron chi connectivity index (χ2n) is 19.3. The van der Waals surface area contributed by atoms with E-state index in [1.54, 1.807) is 0 Å². The van der Waals surface area contributed by atoms with E-state index < -0.39 is 29.5 Å². The molecule has 0 radical (unpaired) electrons. The molecule has 0 unspecified atom stereocenters. The van der Waals surface area contributed by atoms with E-state index in [1.165, 1.54) is 0 Å². The first-order chi connectivity index (χ1) is 22.8. The first kappa shape index (κ1) is 59.5. The maximum absolute atomic E-state index is 12.4. The Balaban J connectivity index is -0.000000296. The fourth-order valence-electron chi connectivity index (χ4n) is 4.72. The van der Waals surface area contributed by atoms with Crippen molar-refractivity contribution in [2.45, 2.75) is 237 Å². The third-order valence-corrected chi connectivity index (χ3v) is 22.0. The molecule has 0 aliphatic heterocycles. The summed E-state index contributed by atoms with van der Waals surface area (Å²) in [5.74, 6) is 0. The topological polar surface area (TPSA) is 105 Å². The average molecular weight is 825 g/mol. The summed E-state index contributed by atoms with van der Waals surface area (Å²) in [4.78, 5) is 0. The van der Waals surface area contributed by atoms with Crippen LogP contribution in [0.15, 0.2) is 0 Å². The zero-order valence-corrected chi connectivity index (χ0v) is 42.8. The van der Waals surface area contributed by atoms with Gasteiger partial charge in [0.1, 0.15) is 0 Å². The molecule has 0 spiro atoms. The first-order valence-corrected chi connectivity index (χ1v) is 26.9. The molecular weight excluding hydrogens is 732 g/mol. The van der Waals surface area contributed by atoms with Gasteiger partial charge in [-0.05, 0) is 38.5 Å². The van der Waals surface area contributed by atoms with E-state index in [2.05, 4.69) is 41.5 Å². The van der Waals surface area contributed by atoms with Gasteiger partial charge in [0.25, 0.3) is 0 Å². The summed E-state index contributed by atoms with van der Waals surface area (Å²) in [6.45, 7) is 52.9. The van der Waals surface area contributed by atoms with Crippen molar-refractivity contribution < 1.29 is 36.4 Å². The normalized spacial score (nSPS) is 13.8. The van der Waals surface area contributed by atoms with E-state index in [9.17, 15) is 18.3 Å². The van der Waals surface area contributed by atoms with Crippen molar-refractivity contribution in [2.75, 3.05) is 13.2 Å². The maximum atomic E-state index is 12.4. The molecule has 0 atom stereocenters. The van der Waals surface area contributed by atoms with Gasteiger partial charge >= 0.3 is 0 Å². The number of rotatable bonds is 16. The first-order valence-electron chi connectivity index (χ1n) is 19.8. The third kappa shape index (κ3) is 23.7. The van der Waals surface area contributed by atoms with E-state index in [0.29, 0.717) is 13.2 Å². The van der Waals surface area contributed by atoms with Crippen molar-refractivity contribution in [1.82, 2.24) is 0 Å². The van der Waals surface area contributed by atoms with Gasteiger partial charge in [-0.25, -0.2) is 0 Å². The van der Waals surface area contributed by atoms with E-state index >= 15 is 0 Å². The van der Waals surface area contributed by atoms with E-state index in [0.717, 1.165) is 0 Å². The summed E-state index contributed by atoms with van der Waals surface area (Å²) in [5.41, 5.74) is 1.13. The van der Waals surface area contributed by atoms with Crippen molar-refractivity contribution in [3.05, 3.63) is 0 Å². The minimum atomic E-state index is -2.46. The van der Waals surface area contributed by atoms with Gasteiger partial charge in [-0.3, -0.25) is 18.3 Å². The molecule has 0 rings (SSSR count). The van der Waals surface area contributed by atoms with E-state index in [-0.39, 0.29) is 68.3 Å². The molecule has 0 aliphatic carbocycles. The van der Waals surface area contributed by atoms with Crippen LogP contribution in [0.2, 0.25) is 0 Å². The zero-order chi connectivity index (χ0) is 43.0. The standard InChI is InChI=1S/2C11H25O2P.2C9H21O2P/c2*1-9(2)14(12,10(3)4)13-8-11(5,6)7;2*1-7(2)11-12(10,8(3)4)9(5)6/h2*9-10H,8H2,1-7H3;2*7-9H,1-6H3. The Labute approximate surface area is 326 Å². The highest BCUT2D eigenvalue weighted by Gasteiger charge is 2.35. The molecule has 12 heteroatoms. The summed E-state index contributed by atoms with van der Waals surface area (Å²) >= 11 is 0. The van der Waals surface area contributed by atoms with Crippen LogP contribution in [0.1, 0.15) is 180 Å². The molecule has 320 valence electrons. The Morgan fingerprint density at radius 2 is 0.481 bits per heavy atom. The van der Waals surface area contributed by atoms with E-state index in [1.807, 2.05) is 138 Å². The average Bonchev–Trinajstić information content (AvgIpc) is 2.93. The third-order valence-electron chi connectivity index (χ3n) is 7.91. The lowest BCUT2D eigenvalue weighted by Gasteiger charge is -2.29. The molecule has 0 heterocycles. The van der Waals surface area contributed by atoms with Gasteiger partial charge in [-0.15, -0.1) is 0 Å². The lowest BCUT2D eigenvalue weighted by atomic mass is 9.99. The molecule has 0 N–H and O–H groups in total. The highest BCUT2D eigenvalue weighted by molar-refractivity contribution is 7.61. The molecule has 52 heavy (non-hydrogen) atoms. The fraction of sp³-hybridized carbons (Fsp3) is 1.00. The zero-order valence-electron chi connectivity index (χ0n) is 39.2. The molecule has 0 saturated carbocycles. The fourth-order valence-corrected chi connectivity index (χ4v) is 14.1. The van der Waals surface area contributed by atoms with E-state index in [4.69, 9.17) is 18.1 Å². The maximum Gasteiger partial charge on any atom is 0.208 e. The van der Waals surface area contributed by atoms with Crippen LogP contribution in [-0.4, -0.2) is 70.7 Å². The summed E-state index contributed by atoms with van der Waals surface area (Å²) < 4.78 is 71.7. The summed E-state index contributed by atoms with van der Waals surface area (Å²) in [7, 11) is -9.76. The molecule has 0 aromatic carbocycles. The van der Waals surface area contributed by atoms with Gasteiger partial charge in [0.05, 0.1) is 25.4 Å². The summed E-state index contributed by atoms with van der Waals surface area (Å²) in [6.07, 6.45) is 0.112. The molecule has 0 aromatic rings. The lowest BCUT2D eigenvalue weighted by molar-refractivity contribution is 0.195. The van der Waals surface area contributed by atoms with Crippen LogP contribution in [0.3, 0.4) is 0 Å². The predicted molar refractivity (Wildman–Crippen MR) is 235 cm³/mol. The van der Waals surface area contributed by atoms with Gasteiger partial charge in [-0.2, -0.15) is 0 Å². The highest BCUT2D eigenvalue weighted by Crippen LogP contribution is 2.59. The highest BCUT2D eigenvalue weighted by atomic mass is 31.2. The summed E-state index contributed by atoms with van der Waals surface area (Å²) in [5, 5.41) is 0. The molecular formula is C40H92O8P4. The second kappa shape index (κ2) is 25.2. The Morgan fingerprint density at radius 3 is 0.558 bits per heavy atom. The van der Waals surface area contributed by atoms with Crippen molar-refractivity contribution in [1.29, 1.82) is 0 Å². The lowest BCUT2D eigenvalue weighted by Crippen LogP contribution is -2.19. The van der Waals surface area contributed by atoms with Gasteiger partial charge in [0, 0.05) is 45.3 Å². The van der Waals surface area contributed by atoms with Gasteiger partial charge < -0.3 is 18.1 Å². The Kier molecular flexibility index (Phi) is 28.8. The van der Waals surface area contributed by atoms with Crippen LogP contribution < -0.4 is 0 Å². The predicted octanol–water partition coefficient (Wildman–Crippen LogP) is 15.3. The van der Waals surface area contributed by atoms with Crippen LogP contribution in [0.5, 0.6) is 0 Å². The number of hydrogen-bond acceptors (Lipinski definition) is 8. The molecule has 0 amide bonds. The van der Waals surface area contributed by atoms with Crippen LogP contribution in [0.25, 0.3) is 0 Å².